The van der Waals surface area contributed by atoms with Crippen LogP contribution in [0, 0.1) is 13.8 Å². The highest BCUT2D eigenvalue weighted by atomic mass is 16.4. The van der Waals surface area contributed by atoms with Crippen molar-refractivity contribution in [3.05, 3.63) is 59.3 Å². The first-order valence-electron chi connectivity index (χ1n) is 9.01. The number of aryl methyl sites for hydroxylation is 4. The van der Waals surface area contributed by atoms with E-state index in [2.05, 4.69) is 42.7 Å². The minimum absolute atomic E-state index is 0.380. The van der Waals surface area contributed by atoms with Gasteiger partial charge < -0.3 is 14.2 Å². The molecule has 130 valence electrons. The van der Waals surface area contributed by atoms with Crippen LogP contribution in [-0.4, -0.2) is 20.2 Å². The van der Waals surface area contributed by atoms with Gasteiger partial charge >= 0.3 is 5.97 Å². The normalized spacial score (nSPS) is 13.6. The number of aromatic nitrogens is 2. The Labute approximate surface area is 151 Å². The van der Waals surface area contributed by atoms with Crippen molar-refractivity contribution in [3.63, 3.8) is 0 Å². The fourth-order valence-electron chi connectivity index (χ4n) is 4.52. The maximum atomic E-state index is 11.7. The zero-order valence-corrected chi connectivity index (χ0v) is 14.9. The topological polar surface area (TPSA) is 47.2 Å². The van der Waals surface area contributed by atoms with Gasteiger partial charge in [-0.3, -0.25) is 0 Å². The molecule has 5 rings (SSSR count). The van der Waals surface area contributed by atoms with Crippen molar-refractivity contribution in [3.8, 4) is 11.3 Å². The highest BCUT2D eigenvalue weighted by molar-refractivity contribution is 6.03. The highest BCUT2D eigenvalue weighted by Crippen LogP contribution is 2.39. The van der Waals surface area contributed by atoms with Gasteiger partial charge in [0.05, 0.1) is 11.2 Å². The Morgan fingerprint density at radius 3 is 2.65 bits per heavy atom. The molecule has 4 nitrogen and oxygen atoms in total. The van der Waals surface area contributed by atoms with Crippen LogP contribution in [0.3, 0.4) is 0 Å². The van der Waals surface area contributed by atoms with Crippen molar-refractivity contribution in [1.29, 1.82) is 0 Å². The lowest BCUT2D eigenvalue weighted by atomic mass is 10.0. The highest BCUT2D eigenvalue weighted by Gasteiger charge is 2.24. The summed E-state index contributed by atoms with van der Waals surface area (Å²) >= 11 is 0. The van der Waals surface area contributed by atoms with E-state index in [1.165, 1.54) is 27.7 Å². The summed E-state index contributed by atoms with van der Waals surface area (Å²) in [6.07, 6.45) is 0.905. The summed E-state index contributed by atoms with van der Waals surface area (Å²) in [4.78, 5) is 11.7. The van der Waals surface area contributed by atoms with Crippen LogP contribution in [0.5, 0.6) is 0 Å². The monoisotopic (exact) mass is 344 g/mol. The summed E-state index contributed by atoms with van der Waals surface area (Å²) < 4.78 is 4.40. The SMILES string of the molecule is Cc1ccc2c(C)c3n(c2c1)CCCn1c(C(=O)O)cc2cccc-3c21. The van der Waals surface area contributed by atoms with Gasteiger partial charge in [0.25, 0.3) is 0 Å². The average molecular weight is 344 g/mol. The largest absolute Gasteiger partial charge is 0.477 e. The first kappa shape index (κ1) is 15.3. The number of hydrogen-bond donors (Lipinski definition) is 1. The molecule has 0 radical (unpaired) electrons. The molecule has 0 saturated carbocycles. The molecule has 2 aromatic carbocycles. The lowest BCUT2D eigenvalue weighted by Gasteiger charge is -2.19. The summed E-state index contributed by atoms with van der Waals surface area (Å²) in [5, 5.41) is 11.9. The number of carboxylic acid groups (broad SMARTS) is 1. The first-order chi connectivity index (χ1) is 12.6. The molecule has 1 N–H and O–H groups in total. The van der Waals surface area contributed by atoms with Crippen LogP contribution < -0.4 is 0 Å². The molecule has 0 aliphatic carbocycles. The fraction of sp³-hybridized carbons (Fsp3) is 0.227. The van der Waals surface area contributed by atoms with Gasteiger partial charge in [0.15, 0.2) is 0 Å². The van der Waals surface area contributed by atoms with Crippen LogP contribution in [0.15, 0.2) is 42.5 Å². The lowest BCUT2D eigenvalue weighted by molar-refractivity contribution is 0.0685. The Hall–Kier alpha value is -3.01. The molecule has 3 heterocycles. The molecule has 1 aliphatic heterocycles. The predicted octanol–water partition coefficient (Wildman–Crippen LogP) is 4.98. The van der Waals surface area contributed by atoms with Crippen molar-refractivity contribution in [1.82, 2.24) is 9.13 Å². The molecule has 0 amide bonds. The van der Waals surface area contributed by atoms with Gasteiger partial charge in [-0.25, -0.2) is 4.79 Å². The third-order valence-corrected chi connectivity index (χ3v) is 5.63. The number of fused-ring (bicyclic) bond motifs is 4. The molecule has 0 fully saturated rings. The molecule has 1 aliphatic rings. The van der Waals surface area contributed by atoms with E-state index in [4.69, 9.17) is 0 Å². The smallest absolute Gasteiger partial charge is 0.352 e. The van der Waals surface area contributed by atoms with Gasteiger partial charge in [0, 0.05) is 34.9 Å². The summed E-state index contributed by atoms with van der Waals surface area (Å²) in [6, 6.07) is 14.6. The first-order valence-corrected chi connectivity index (χ1v) is 9.01. The average Bonchev–Trinajstić information content (AvgIpc) is 3.09. The second kappa shape index (κ2) is 5.24. The van der Waals surface area contributed by atoms with E-state index in [1.807, 2.05) is 16.7 Å². The molecule has 2 aromatic heterocycles. The number of rotatable bonds is 1. The fourth-order valence-corrected chi connectivity index (χ4v) is 4.52. The van der Waals surface area contributed by atoms with Crippen molar-refractivity contribution in [2.45, 2.75) is 33.4 Å². The number of carboxylic acids is 1. The van der Waals surface area contributed by atoms with E-state index >= 15 is 0 Å². The number of carbonyl (C=O) groups is 1. The summed E-state index contributed by atoms with van der Waals surface area (Å²) in [7, 11) is 0. The number of hydrogen-bond acceptors (Lipinski definition) is 1. The van der Waals surface area contributed by atoms with Gasteiger partial charge in [0.2, 0.25) is 0 Å². The summed E-state index contributed by atoms with van der Waals surface area (Å²) in [5.74, 6) is -0.861. The van der Waals surface area contributed by atoms with Gasteiger partial charge in [-0.05, 0) is 43.5 Å². The van der Waals surface area contributed by atoms with E-state index in [-0.39, 0.29) is 0 Å². The van der Waals surface area contributed by atoms with Crippen LogP contribution in [-0.2, 0) is 13.1 Å². The van der Waals surface area contributed by atoms with Crippen molar-refractivity contribution >= 4 is 27.8 Å². The number of benzene rings is 2. The molecular weight excluding hydrogens is 324 g/mol. The van der Waals surface area contributed by atoms with E-state index in [1.54, 1.807) is 6.07 Å². The Kier molecular flexibility index (Phi) is 3.08. The third-order valence-electron chi connectivity index (χ3n) is 5.63. The van der Waals surface area contributed by atoms with E-state index in [9.17, 15) is 9.90 Å². The second-order valence-corrected chi connectivity index (χ2v) is 7.23. The minimum Gasteiger partial charge on any atom is -0.477 e. The molecule has 4 aromatic rings. The van der Waals surface area contributed by atoms with Gasteiger partial charge in [0.1, 0.15) is 5.69 Å². The van der Waals surface area contributed by atoms with Crippen LogP contribution >= 0.6 is 0 Å². The van der Waals surface area contributed by atoms with Crippen LogP contribution in [0.1, 0.15) is 28.0 Å². The van der Waals surface area contributed by atoms with E-state index < -0.39 is 5.97 Å². The maximum Gasteiger partial charge on any atom is 0.352 e. The standard InChI is InChI=1S/C22H20N2O2/c1-13-7-8-16-14(2)20-17-6-3-5-15-12-19(22(25)26)24(21(15)17)10-4-9-23(20)18(16)11-13/h3,5-8,11-12H,4,9-10H2,1-2H3,(H,25,26). The Balaban J connectivity index is 1.95. The second-order valence-electron chi connectivity index (χ2n) is 7.23. The van der Waals surface area contributed by atoms with Crippen molar-refractivity contribution in [2.24, 2.45) is 0 Å². The number of para-hydroxylation sites is 1. The van der Waals surface area contributed by atoms with E-state index in [0.29, 0.717) is 12.2 Å². The van der Waals surface area contributed by atoms with Crippen molar-refractivity contribution < 1.29 is 9.90 Å². The molecule has 0 unspecified atom stereocenters. The maximum absolute atomic E-state index is 11.7. The molecule has 0 bridgehead atoms. The molecule has 0 atom stereocenters. The molecular formula is C22H20N2O2. The third kappa shape index (κ3) is 1.93. The Morgan fingerprint density at radius 2 is 1.85 bits per heavy atom. The zero-order chi connectivity index (χ0) is 18.0. The van der Waals surface area contributed by atoms with Crippen LogP contribution in [0.4, 0.5) is 0 Å². The van der Waals surface area contributed by atoms with Crippen molar-refractivity contribution in [2.75, 3.05) is 0 Å². The van der Waals surface area contributed by atoms with Gasteiger partial charge in [-0.1, -0.05) is 30.3 Å². The molecule has 0 saturated heterocycles. The molecule has 26 heavy (non-hydrogen) atoms. The predicted molar refractivity (Wildman–Crippen MR) is 104 cm³/mol. The molecule has 4 heteroatoms. The molecule has 0 spiro atoms. The van der Waals surface area contributed by atoms with Crippen LogP contribution in [0.2, 0.25) is 0 Å². The zero-order valence-electron chi connectivity index (χ0n) is 14.9. The van der Waals surface area contributed by atoms with Gasteiger partial charge in [-0.15, -0.1) is 0 Å². The Bertz CT molecular complexity index is 1210. The minimum atomic E-state index is -0.861. The Morgan fingerprint density at radius 1 is 1.04 bits per heavy atom. The summed E-state index contributed by atoms with van der Waals surface area (Å²) in [5.41, 5.74) is 7.55. The lowest BCUT2D eigenvalue weighted by Crippen LogP contribution is -2.13. The van der Waals surface area contributed by atoms with Gasteiger partial charge in [-0.2, -0.15) is 0 Å². The number of nitrogens with zero attached hydrogens (tertiary/aromatic N) is 2. The van der Waals surface area contributed by atoms with E-state index in [0.717, 1.165) is 29.4 Å². The quantitative estimate of drug-likeness (QED) is 0.529. The number of aromatic carboxylic acids is 1. The summed E-state index contributed by atoms with van der Waals surface area (Å²) in [6.45, 7) is 5.90. The van der Waals surface area contributed by atoms with Crippen LogP contribution in [0.25, 0.3) is 33.1 Å².